The van der Waals surface area contributed by atoms with E-state index >= 15 is 0 Å². The van der Waals surface area contributed by atoms with Crippen LogP contribution in [0.25, 0.3) is 0 Å². The highest BCUT2D eigenvalue weighted by atomic mass is 16.5. The number of nitrogens with one attached hydrogen (secondary N) is 2. The third-order valence-electron chi connectivity index (χ3n) is 8.11. The lowest BCUT2D eigenvalue weighted by atomic mass is 9.50. The second kappa shape index (κ2) is 12.9. The van der Waals surface area contributed by atoms with Crippen LogP contribution in [-0.2, 0) is 20.4 Å². The summed E-state index contributed by atoms with van der Waals surface area (Å²) in [6.07, 6.45) is 0. The quantitative estimate of drug-likeness (QED) is 0.152. The van der Waals surface area contributed by atoms with Crippen molar-refractivity contribution in [2.45, 2.75) is 24.7 Å². The molecule has 0 aliphatic carbocycles. The van der Waals surface area contributed by atoms with Crippen LogP contribution in [0.3, 0.4) is 0 Å². The summed E-state index contributed by atoms with van der Waals surface area (Å²) in [6, 6.07) is 32.5. The molecule has 8 nitrogen and oxygen atoms in total. The van der Waals surface area contributed by atoms with Crippen LogP contribution in [0.15, 0.2) is 109 Å². The molecular formula is C34H38N4O4. The summed E-state index contributed by atoms with van der Waals surface area (Å²) in [6.45, 7) is 5.70. The minimum atomic E-state index is -1.90. The van der Waals surface area contributed by atoms with Gasteiger partial charge in [0.25, 0.3) is 11.8 Å². The lowest BCUT2D eigenvalue weighted by Gasteiger charge is -2.49. The van der Waals surface area contributed by atoms with Crippen molar-refractivity contribution in [3.8, 4) is 0 Å². The first-order valence-corrected chi connectivity index (χ1v) is 14.0. The molecule has 4 N–H and O–H groups in total. The number of carbonyl (C=O) groups is 2. The Bertz CT molecular complexity index is 1470. The van der Waals surface area contributed by atoms with Gasteiger partial charge in [-0.3, -0.25) is 20.0 Å². The summed E-state index contributed by atoms with van der Waals surface area (Å²) in [7, 11) is 3.82. The zero-order valence-electron chi connectivity index (χ0n) is 24.4. The zero-order valence-corrected chi connectivity index (χ0v) is 24.4. The Hall–Kier alpha value is -4.66. The van der Waals surface area contributed by atoms with E-state index in [2.05, 4.69) is 18.7 Å². The molecule has 0 aromatic heterocycles. The molecule has 0 radical (unpaired) electrons. The Balaban J connectivity index is 2.25. The van der Waals surface area contributed by atoms with E-state index in [1.54, 1.807) is 60.7 Å². The van der Waals surface area contributed by atoms with Crippen LogP contribution >= 0.6 is 0 Å². The van der Waals surface area contributed by atoms with E-state index in [0.29, 0.717) is 22.3 Å². The molecular weight excluding hydrogens is 528 g/mol. The maximum Gasteiger partial charge on any atom is 0.260 e. The summed E-state index contributed by atoms with van der Waals surface area (Å²) in [5.41, 5.74) is 3.57. The van der Waals surface area contributed by atoms with Gasteiger partial charge in [-0.1, -0.05) is 84.9 Å². The Kier molecular flexibility index (Phi) is 9.30. The molecule has 218 valence electrons. The number of rotatable bonds is 11. The second-order valence-electron chi connectivity index (χ2n) is 10.3. The first kappa shape index (κ1) is 30.3. The van der Waals surface area contributed by atoms with Crippen LogP contribution in [0.4, 0.5) is 11.4 Å². The van der Waals surface area contributed by atoms with E-state index in [1.165, 1.54) is 0 Å². The van der Waals surface area contributed by atoms with E-state index in [4.69, 9.17) is 0 Å². The number of nitrogens with zero attached hydrogens (tertiary/aromatic N) is 2. The van der Waals surface area contributed by atoms with Crippen molar-refractivity contribution in [3.63, 3.8) is 0 Å². The Morgan fingerprint density at radius 1 is 0.571 bits per heavy atom. The van der Waals surface area contributed by atoms with Gasteiger partial charge in [0.2, 0.25) is 0 Å². The third kappa shape index (κ3) is 4.89. The van der Waals surface area contributed by atoms with Gasteiger partial charge in [-0.2, -0.15) is 0 Å². The molecule has 8 heteroatoms. The Morgan fingerprint density at radius 2 is 0.905 bits per heavy atom. The van der Waals surface area contributed by atoms with Crippen LogP contribution in [-0.4, -0.2) is 49.4 Å². The first-order chi connectivity index (χ1) is 20.3. The minimum Gasteiger partial charge on any atom is -0.378 e. The van der Waals surface area contributed by atoms with Gasteiger partial charge in [-0.15, -0.1) is 0 Å². The van der Waals surface area contributed by atoms with Crippen molar-refractivity contribution in [1.29, 1.82) is 0 Å². The third-order valence-corrected chi connectivity index (χ3v) is 8.11. The molecule has 4 aromatic rings. The van der Waals surface area contributed by atoms with Gasteiger partial charge in [0, 0.05) is 38.6 Å². The van der Waals surface area contributed by atoms with Gasteiger partial charge in [0.1, 0.15) is 10.8 Å². The second-order valence-corrected chi connectivity index (χ2v) is 10.3. The maximum absolute atomic E-state index is 14.5. The lowest BCUT2D eigenvalue weighted by molar-refractivity contribution is -0.145. The molecule has 4 rings (SSSR count). The summed E-state index contributed by atoms with van der Waals surface area (Å²) in [5.74, 6) is -1.68. The normalized spacial score (nSPS) is 13.8. The smallest absolute Gasteiger partial charge is 0.260 e. The number of carbonyl (C=O) groups excluding carboxylic acids is 2. The fourth-order valence-corrected chi connectivity index (χ4v) is 6.13. The number of anilines is 2. The molecule has 0 bridgehead atoms. The topological polar surface area (TPSA) is 105 Å². The zero-order chi connectivity index (χ0) is 30.3. The average molecular weight is 567 g/mol. The van der Waals surface area contributed by atoms with Crippen LogP contribution < -0.4 is 20.8 Å². The monoisotopic (exact) mass is 566 g/mol. The van der Waals surface area contributed by atoms with E-state index in [-0.39, 0.29) is 0 Å². The van der Waals surface area contributed by atoms with Crippen LogP contribution in [0.5, 0.6) is 0 Å². The molecule has 0 saturated heterocycles. The molecule has 42 heavy (non-hydrogen) atoms. The molecule has 2 atom stereocenters. The maximum atomic E-state index is 14.5. The molecule has 2 amide bonds. The summed E-state index contributed by atoms with van der Waals surface area (Å²) in [5, 5.41) is 20.9. The number of hydroxylamine groups is 2. The molecule has 4 aromatic carbocycles. The fourth-order valence-electron chi connectivity index (χ4n) is 6.13. The standard InChI is InChI=1S/C34H38N4O4/c1-5-38(6-2)30-23-19-28(20-24-30)34(32(40)36-42,26-15-11-8-12-16-26)33(31(39)35-41,25-13-9-7-10-14-25)27-17-21-29(22-18-27)37(3)4/h7-24,41-42H,5-6H2,1-4H3,(H,35,39)(H,36,40). The van der Waals surface area contributed by atoms with Gasteiger partial charge >= 0.3 is 0 Å². The van der Waals surface area contributed by atoms with E-state index < -0.39 is 22.6 Å². The molecule has 2 unspecified atom stereocenters. The van der Waals surface area contributed by atoms with Gasteiger partial charge < -0.3 is 9.80 Å². The fraction of sp³-hybridized carbons (Fsp3) is 0.235. The number of amides is 2. The predicted molar refractivity (Wildman–Crippen MR) is 165 cm³/mol. The first-order valence-electron chi connectivity index (χ1n) is 14.0. The average Bonchev–Trinajstić information content (AvgIpc) is 3.05. The molecule has 0 fully saturated rings. The van der Waals surface area contributed by atoms with Gasteiger partial charge in [0.05, 0.1) is 0 Å². The van der Waals surface area contributed by atoms with Crippen molar-refractivity contribution in [1.82, 2.24) is 11.0 Å². The van der Waals surface area contributed by atoms with Crippen molar-refractivity contribution in [2.75, 3.05) is 37.0 Å². The van der Waals surface area contributed by atoms with E-state index in [0.717, 1.165) is 24.5 Å². The molecule has 0 aliphatic rings. The van der Waals surface area contributed by atoms with Crippen LogP contribution in [0.2, 0.25) is 0 Å². The van der Waals surface area contributed by atoms with Crippen molar-refractivity contribution in [2.24, 2.45) is 0 Å². The van der Waals surface area contributed by atoms with Gasteiger partial charge in [0.15, 0.2) is 0 Å². The van der Waals surface area contributed by atoms with E-state index in [9.17, 15) is 20.0 Å². The van der Waals surface area contributed by atoms with Gasteiger partial charge in [-0.25, -0.2) is 11.0 Å². The number of hydrogen-bond acceptors (Lipinski definition) is 6. The Morgan fingerprint density at radius 3 is 1.21 bits per heavy atom. The van der Waals surface area contributed by atoms with Gasteiger partial charge in [-0.05, 0) is 60.4 Å². The Labute approximate surface area is 247 Å². The van der Waals surface area contributed by atoms with Crippen LogP contribution in [0.1, 0.15) is 36.1 Å². The SMILES string of the molecule is CCN(CC)c1ccc(C(C(=O)NO)(c2ccccc2)C(C(=O)NO)(c2ccccc2)c2ccc(N(C)C)cc2)cc1. The molecule has 0 heterocycles. The number of hydrogen-bond donors (Lipinski definition) is 4. The highest BCUT2D eigenvalue weighted by molar-refractivity contribution is 6.06. The van der Waals surface area contributed by atoms with Crippen LogP contribution in [0, 0.1) is 0 Å². The summed E-state index contributed by atoms with van der Waals surface area (Å²) < 4.78 is 0. The summed E-state index contributed by atoms with van der Waals surface area (Å²) >= 11 is 0. The minimum absolute atomic E-state index is 0.436. The predicted octanol–water partition coefficient (Wildman–Crippen LogP) is 4.88. The molecule has 0 aliphatic heterocycles. The number of benzene rings is 4. The largest absolute Gasteiger partial charge is 0.378 e. The van der Waals surface area contributed by atoms with Crippen molar-refractivity contribution in [3.05, 3.63) is 131 Å². The highest BCUT2D eigenvalue weighted by Crippen LogP contribution is 2.54. The van der Waals surface area contributed by atoms with E-state index in [1.807, 2.05) is 78.5 Å². The lowest BCUT2D eigenvalue weighted by Crippen LogP contribution is -2.65. The van der Waals surface area contributed by atoms with Crippen molar-refractivity contribution >= 4 is 23.2 Å². The summed E-state index contributed by atoms with van der Waals surface area (Å²) in [4.78, 5) is 33.1. The highest BCUT2D eigenvalue weighted by Gasteiger charge is 2.64. The molecule has 0 spiro atoms. The molecule has 0 saturated carbocycles. The van der Waals surface area contributed by atoms with Crippen molar-refractivity contribution < 1.29 is 20.0 Å².